The standard InChI is InChI=1S/C23H33N3O4/c1-7-9-15(2)20(29-6)12-11-16(3)22(27)21(17(4)24)26-23(28)30-18(5)19-10-8-13-25-14-19/h8-12,14,18,25H,7,13,24H2,1-6H3,(H,26,28)/b15-9+,16-11+,20-12+,21-17+. The number of ketones is 1. The SMILES string of the molecule is CC/C=C(C)/C(=C\C=C(/C)C(=O)/C(NC(=O)OC(C)C1=CNCC=C1)=C(/C)N)OC. The number of dihydropyridines is 1. The third-order valence-electron chi connectivity index (χ3n) is 4.38. The molecule has 0 spiro atoms. The van der Waals surface area contributed by atoms with Crippen LogP contribution in [-0.4, -0.2) is 31.6 Å². The molecule has 4 N–H and O–H groups in total. The number of nitrogens with two attached hydrogens (primary N) is 1. The second-order valence-corrected chi connectivity index (χ2v) is 6.89. The second-order valence-electron chi connectivity index (χ2n) is 6.89. The Hall–Kier alpha value is -3.22. The molecule has 1 heterocycles. The first kappa shape index (κ1) is 24.8. The lowest BCUT2D eigenvalue weighted by Gasteiger charge is -2.18. The molecule has 1 amide bonds. The first-order valence-corrected chi connectivity index (χ1v) is 9.89. The zero-order valence-electron chi connectivity index (χ0n) is 18.7. The van der Waals surface area contributed by atoms with Gasteiger partial charge in [-0.2, -0.15) is 0 Å². The van der Waals surface area contributed by atoms with Crippen LogP contribution in [0.5, 0.6) is 0 Å². The Bertz CT molecular complexity index is 825. The molecule has 0 fully saturated rings. The van der Waals surface area contributed by atoms with Crippen molar-refractivity contribution in [2.24, 2.45) is 5.73 Å². The molecule has 1 atom stereocenters. The summed E-state index contributed by atoms with van der Waals surface area (Å²) in [6.07, 6.45) is 10.6. The van der Waals surface area contributed by atoms with Crippen molar-refractivity contribution in [3.8, 4) is 0 Å². The molecule has 0 bridgehead atoms. The fraction of sp³-hybridized carbons (Fsp3) is 0.391. The Morgan fingerprint density at radius 3 is 2.50 bits per heavy atom. The number of carbonyl (C=O) groups is 2. The van der Waals surface area contributed by atoms with Gasteiger partial charge in [0.15, 0.2) is 0 Å². The fourth-order valence-electron chi connectivity index (χ4n) is 2.68. The predicted molar refractivity (Wildman–Crippen MR) is 119 cm³/mol. The first-order chi connectivity index (χ1) is 14.2. The van der Waals surface area contributed by atoms with Crippen LogP contribution in [0, 0.1) is 0 Å². The van der Waals surface area contributed by atoms with Gasteiger partial charge in [0.25, 0.3) is 0 Å². The Labute approximate surface area is 179 Å². The Balaban J connectivity index is 2.91. The molecule has 1 aliphatic rings. The summed E-state index contributed by atoms with van der Waals surface area (Å²) in [5.74, 6) is 0.254. The van der Waals surface area contributed by atoms with E-state index in [-0.39, 0.29) is 11.4 Å². The highest BCUT2D eigenvalue weighted by Gasteiger charge is 2.20. The molecule has 1 rings (SSSR count). The number of allylic oxidation sites excluding steroid dienone is 6. The normalized spacial score (nSPS) is 16.7. The molecule has 0 saturated carbocycles. The summed E-state index contributed by atoms with van der Waals surface area (Å²) < 4.78 is 10.7. The topological polar surface area (TPSA) is 103 Å². The lowest BCUT2D eigenvalue weighted by Crippen LogP contribution is -2.33. The summed E-state index contributed by atoms with van der Waals surface area (Å²) in [4.78, 5) is 25.1. The summed E-state index contributed by atoms with van der Waals surface area (Å²) in [6, 6.07) is 0. The molecule has 1 aliphatic heterocycles. The van der Waals surface area contributed by atoms with Gasteiger partial charge in [0.2, 0.25) is 5.78 Å². The highest BCUT2D eigenvalue weighted by atomic mass is 16.6. The fourth-order valence-corrected chi connectivity index (χ4v) is 2.68. The van der Waals surface area contributed by atoms with Gasteiger partial charge in [-0.05, 0) is 51.3 Å². The molecule has 7 heteroatoms. The van der Waals surface area contributed by atoms with Gasteiger partial charge in [-0.3, -0.25) is 10.1 Å². The molecule has 0 aromatic carbocycles. The van der Waals surface area contributed by atoms with Crippen LogP contribution in [0.15, 0.2) is 70.5 Å². The maximum atomic E-state index is 12.8. The van der Waals surface area contributed by atoms with Crippen molar-refractivity contribution >= 4 is 11.9 Å². The number of Topliss-reactive ketones (excluding diaryl/α,β-unsaturated/α-hetero) is 1. The summed E-state index contributed by atoms with van der Waals surface area (Å²) in [5, 5.41) is 5.53. The van der Waals surface area contributed by atoms with Crippen molar-refractivity contribution in [1.82, 2.24) is 10.6 Å². The van der Waals surface area contributed by atoms with E-state index in [1.165, 1.54) is 0 Å². The van der Waals surface area contributed by atoms with Crippen LogP contribution in [-0.2, 0) is 14.3 Å². The van der Waals surface area contributed by atoms with E-state index in [4.69, 9.17) is 15.2 Å². The maximum absolute atomic E-state index is 12.8. The van der Waals surface area contributed by atoms with Crippen LogP contribution in [0.25, 0.3) is 0 Å². The van der Waals surface area contributed by atoms with Gasteiger partial charge < -0.3 is 20.5 Å². The lowest BCUT2D eigenvalue weighted by molar-refractivity contribution is -0.112. The van der Waals surface area contributed by atoms with E-state index in [0.29, 0.717) is 11.3 Å². The zero-order valence-corrected chi connectivity index (χ0v) is 18.7. The number of methoxy groups -OCH3 is 1. The van der Waals surface area contributed by atoms with Gasteiger partial charge in [-0.25, -0.2) is 4.79 Å². The van der Waals surface area contributed by atoms with E-state index in [0.717, 1.165) is 24.1 Å². The maximum Gasteiger partial charge on any atom is 0.412 e. The van der Waals surface area contributed by atoms with Crippen molar-refractivity contribution in [1.29, 1.82) is 0 Å². The van der Waals surface area contributed by atoms with Crippen LogP contribution >= 0.6 is 0 Å². The number of hydrogen-bond acceptors (Lipinski definition) is 6. The van der Waals surface area contributed by atoms with E-state index in [2.05, 4.69) is 10.6 Å². The average Bonchev–Trinajstić information content (AvgIpc) is 2.72. The number of alkyl carbamates (subject to hydrolysis) is 1. The Kier molecular flexibility index (Phi) is 10.2. The highest BCUT2D eigenvalue weighted by molar-refractivity contribution is 6.09. The third-order valence-corrected chi connectivity index (χ3v) is 4.38. The van der Waals surface area contributed by atoms with Crippen LogP contribution in [0.2, 0.25) is 0 Å². The number of amides is 1. The molecule has 0 aromatic heterocycles. The van der Waals surface area contributed by atoms with Gasteiger partial charge in [0.05, 0.1) is 7.11 Å². The van der Waals surface area contributed by atoms with Gasteiger partial charge in [-0.15, -0.1) is 0 Å². The molecule has 7 nitrogen and oxygen atoms in total. The summed E-state index contributed by atoms with van der Waals surface area (Å²) >= 11 is 0. The lowest BCUT2D eigenvalue weighted by atomic mass is 10.1. The molecule has 0 aromatic rings. The van der Waals surface area contributed by atoms with Crippen LogP contribution in [0.4, 0.5) is 4.79 Å². The van der Waals surface area contributed by atoms with Gasteiger partial charge in [0.1, 0.15) is 17.6 Å². The van der Waals surface area contributed by atoms with Crippen LogP contribution in [0.1, 0.15) is 41.0 Å². The van der Waals surface area contributed by atoms with E-state index in [9.17, 15) is 9.59 Å². The van der Waals surface area contributed by atoms with E-state index < -0.39 is 18.0 Å². The first-order valence-electron chi connectivity index (χ1n) is 9.89. The van der Waals surface area contributed by atoms with Crippen LogP contribution < -0.4 is 16.4 Å². The van der Waals surface area contributed by atoms with Crippen LogP contribution in [0.3, 0.4) is 0 Å². The van der Waals surface area contributed by atoms with Crippen molar-refractivity contribution in [3.05, 3.63) is 70.5 Å². The van der Waals surface area contributed by atoms with Crippen molar-refractivity contribution in [2.45, 2.75) is 47.1 Å². The predicted octanol–water partition coefficient (Wildman–Crippen LogP) is 3.74. The average molecular weight is 416 g/mol. The quantitative estimate of drug-likeness (QED) is 0.301. The minimum absolute atomic E-state index is 0.0135. The third kappa shape index (κ3) is 7.66. The number of carbonyl (C=O) groups excluding carboxylic acids is 2. The number of hydrogen-bond donors (Lipinski definition) is 3. The highest BCUT2D eigenvalue weighted by Crippen LogP contribution is 2.14. The molecule has 30 heavy (non-hydrogen) atoms. The molecule has 0 saturated heterocycles. The van der Waals surface area contributed by atoms with E-state index in [1.807, 2.05) is 32.1 Å². The second kappa shape index (κ2) is 12.4. The summed E-state index contributed by atoms with van der Waals surface area (Å²) in [6.45, 7) is 9.64. The molecule has 0 radical (unpaired) electrons. The molecule has 164 valence electrons. The summed E-state index contributed by atoms with van der Waals surface area (Å²) in [7, 11) is 1.57. The minimum Gasteiger partial charge on any atom is -0.497 e. The van der Waals surface area contributed by atoms with Crippen molar-refractivity contribution in [2.75, 3.05) is 13.7 Å². The molecular formula is C23H33N3O4. The number of rotatable bonds is 9. The van der Waals surface area contributed by atoms with E-state index >= 15 is 0 Å². The minimum atomic E-state index is -0.752. The monoisotopic (exact) mass is 415 g/mol. The van der Waals surface area contributed by atoms with Crippen molar-refractivity contribution < 1.29 is 19.1 Å². The van der Waals surface area contributed by atoms with Gasteiger partial charge in [0, 0.05) is 24.0 Å². The van der Waals surface area contributed by atoms with Gasteiger partial charge in [-0.1, -0.05) is 31.2 Å². The van der Waals surface area contributed by atoms with Gasteiger partial charge >= 0.3 is 6.09 Å². The van der Waals surface area contributed by atoms with E-state index in [1.54, 1.807) is 46.2 Å². The smallest absolute Gasteiger partial charge is 0.412 e. The zero-order chi connectivity index (χ0) is 22.7. The Morgan fingerprint density at radius 1 is 1.27 bits per heavy atom. The Morgan fingerprint density at radius 2 is 1.97 bits per heavy atom. The summed E-state index contributed by atoms with van der Waals surface area (Å²) in [5.41, 5.74) is 8.21. The van der Waals surface area contributed by atoms with Crippen molar-refractivity contribution in [3.63, 3.8) is 0 Å². The largest absolute Gasteiger partial charge is 0.497 e. The number of ether oxygens (including phenoxy) is 2. The molecule has 1 unspecified atom stereocenters. The number of nitrogens with one attached hydrogen (secondary N) is 2. The molecule has 0 aliphatic carbocycles. The molecular weight excluding hydrogens is 382 g/mol.